The van der Waals surface area contributed by atoms with Crippen LogP contribution in [0.4, 0.5) is 17.6 Å². The Morgan fingerprint density at radius 2 is 1.81 bits per heavy atom. The number of benzene rings is 2. The molecule has 0 fully saturated rings. The second-order valence-electron chi connectivity index (χ2n) is 7.87. The Balaban J connectivity index is 2.02. The zero-order chi connectivity index (χ0) is 23.0. The summed E-state index contributed by atoms with van der Waals surface area (Å²) in [6.07, 6.45) is -5.22. The van der Waals surface area contributed by atoms with Crippen LogP contribution in [0.25, 0.3) is 21.9 Å². The molecule has 0 aliphatic rings. The molecule has 3 rings (SSSR count). The highest BCUT2D eigenvalue weighted by Crippen LogP contribution is 2.38. The van der Waals surface area contributed by atoms with Gasteiger partial charge in [-0.3, -0.25) is 10.1 Å². The summed E-state index contributed by atoms with van der Waals surface area (Å²) in [6.45, 7) is 3.90. The van der Waals surface area contributed by atoms with Crippen molar-refractivity contribution < 1.29 is 31.5 Å². The summed E-state index contributed by atoms with van der Waals surface area (Å²) in [5.41, 5.74) is -1.21. The third kappa shape index (κ3) is 5.57. The number of halogens is 5. The molecule has 0 bridgehead atoms. The summed E-state index contributed by atoms with van der Waals surface area (Å²) in [4.78, 5) is 12.2. The van der Waals surface area contributed by atoms with Crippen LogP contribution < -0.4 is 5.32 Å². The molecule has 1 unspecified atom stereocenters. The smallest absolute Gasteiger partial charge is 0.407 e. The maximum Gasteiger partial charge on any atom is 0.407 e. The predicted molar refractivity (Wildman–Crippen MR) is 114 cm³/mol. The molecule has 0 amide bonds. The van der Waals surface area contributed by atoms with Crippen LogP contribution in [0.15, 0.2) is 45.3 Å². The van der Waals surface area contributed by atoms with Crippen molar-refractivity contribution in [3.63, 3.8) is 0 Å². The molecule has 31 heavy (non-hydrogen) atoms. The van der Waals surface area contributed by atoms with Gasteiger partial charge in [0.25, 0.3) is 0 Å². The van der Waals surface area contributed by atoms with E-state index >= 15 is 0 Å². The van der Waals surface area contributed by atoms with Crippen molar-refractivity contribution in [3.05, 3.63) is 46.4 Å². The second kappa shape index (κ2) is 8.78. The molecule has 1 N–H and O–H groups in total. The van der Waals surface area contributed by atoms with Gasteiger partial charge in [-0.15, -0.1) is 0 Å². The fourth-order valence-electron chi connectivity index (χ4n) is 3.47. The first kappa shape index (κ1) is 23.5. The molecule has 0 spiro atoms. The number of nitrogens with one attached hydrogen (secondary N) is 1. The quantitative estimate of drug-likeness (QED) is 0.291. The van der Waals surface area contributed by atoms with E-state index in [-0.39, 0.29) is 17.8 Å². The molecule has 168 valence electrons. The SMILES string of the molecule is CCOC(=O)C(CC(C)(C)F)N[C@@H](c1ccc2c(c1)oc1ccc(Br)cc12)C(F)(F)F. The lowest BCUT2D eigenvalue weighted by Crippen LogP contribution is -2.47. The largest absolute Gasteiger partial charge is 0.465 e. The molecule has 0 radical (unpaired) electrons. The summed E-state index contributed by atoms with van der Waals surface area (Å²) in [6, 6.07) is 5.78. The van der Waals surface area contributed by atoms with Crippen molar-refractivity contribution in [1.82, 2.24) is 5.32 Å². The van der Waals surface area contributed by atoms with E-state index in [2.05, 4.69) is 21.2 Å². The maximum absolute atomic E-state index is 14.2. The molecule has 1 aromatic heterocycles. The first-order chi connectivity index (χ1) is 14.4. The zero-order valence-corrected chi connectivity index (χ0v) is 18.7. The third-order valence-electron chi connectivity index (χ3n) is 4.75. The van der Waals surface area contributed by atoms with Crippen molar-refractivity contribution in [1.29, 1.82) is 0 Å². The van der Waals surface area contributed by atoms with Crippen LogP contribution in [0.2, 0.25) is 0 Å². The van der Waals surface area contributed by atoms with Crippen molar-refractivity contribution in [2.75, 3.05) is 6.61 Å². The first-order valence-corrected chi connectivity index (χ1v) is 10.5. The average molecular weight is 504 g/mol. The van der Waals surface area contributed by atoms with Crippen molar-refractivity contribution in [2.45, 2.75) is 51.1 Å². The van der Waals surface area contributed by atoms with E-state index in [0.717, 1.165) is 9.86 Å². The normalized spacial score (nSPS) is 14.7. The Kier molecular flexibility index (Phi) is 6.67. The molecule has 0 aliphatic heterocycles. The number of hydrogen-bond acceptors (Lipinski definition) is 4. The van der Waals surface area contributed by atoms with Gasteiger partial charge in [-0.05, 0) is 50.6 Å². The fraction of sp³-hybridized carbons (Fsp3) is 0.409. The molecular formula is C22H22BrF4NO3. The highest BCUT2D eigenvalue weighted by Gasteiger charge is 2.44. The maximum atomic E-state index is 14.2. The molecule has 2 aromatic carbocycles. The molecule has 1 heterocycles. The lowest BCUT2D eigenvalue weighted by Gasteiger charge is -2.29. The van der Waals surface area contributed by atoms with Crippen LogP contribution in [0, 0.1) is 0 Å². The zero-order valence-electron chi connectivity index (χ0n) is 17.1. The van der Waals surface area contributed by atoms with Crippen LogP contribution in [0.5, 0.6) is 0 Å². The van der Waals surface area contributed by atoms with Gasteiger partial charge in [-0.1, -0.05) is 28.1 Å². The Morgan fingerprint density at radius 1 is 1.10 bits per heavy atom. The Labute approximate surface area is 185 Å². The van der Waals surface area contributed by atoms with E-state index in [9.17, 15) is 22.4 Å². The van der Waals surface area contributed by atoms with Gasteiger partial charge in [0.1, 0.15) is 28.9 Å². The Bertz CT molecular complexity index is 1090. The van der Waals surface area contributed by atoms with Gasteiger partial charge < -0.3 is 9.15 Å². The fourth-order valence-corrected chi connectivity index (χ4v) is 3.83. The predicted octanol–water partition coefficient (Wildman–Crippen LogP) is 6.61. The number of ether oxygens (including phenoxy) is 1. The lowest BCUT2D eigenvalue weighted by molar-refractivity contribution is -0.165. The molecular weight excluding hydrogens is 482 g/mol. The third-order valence-corrected chi connectivity index (χ3v) is 5.24. The van der Waals surface area contributed by atoms with Crippen LogP contribution in [-0.2, 0) is 9.53 Å². The Hall–Kier alpha value is -2.13. The van der Waals surface area contributed by atoms with E-state index in [4.69, 9.17) is 9.15 Å². The molecule has 9 heteroatoms. The number of carbonyl (C=O) groups excluding carboxylic acids is 1. The standard InChI is InChI=1S/C22H22BrF4NO3/c1-4-30-20(29)16(11-21(2,3)24)28-19(22(25,26)27)12-5-7-14-15-10-13(23)6-8-17(15)31-18(14)9-12/h5-10,16,19,28H,4,11H2,1-3H3/t16?,19-/m0/s1. The van der Waals surface area contributed by atoms with E-state index in [1.165, 1.54) is 32.9 Å². The minimum absolute atomic E-state index is 0.0269. The monoisotopic (exact) mass is 503 g/mol. The van der Waals surface area contributed by atoms with Gasteiger partial charge in [0.2, 0.25) is 0 Å². The molecule has 0 saturated carbocycles. The first-order valence-electron chi connectivity index (χ1n) is 9.69. The molecule has 2 atom stereocenters. The van der Waals surface area contributed by atoms with E-state index in [1.54, 1.807) is 18.2 Å². The van der Waals surface area contributed by atoms with Gasteiger partial charge in [0.15, 0.2) is 0 Å². The minimum Gasteiger partial charge on any atom is -0.465 e. The van der Waals surface area contributed by atoms with Crippen LogP contribution in [0.3, 0.4) is 0 Å². The number of fused-ring (bicyclic) bond motifs is 3. The van der Waals surface area contributed by atoms with Gasteiger partial charge >= 0.3 is 12.1 Å². The number of esters is 1. The van der Waals surface area contributed by atoms with Gasteiger partial charge in [-0.25, -0.2) is 4.39 Å². The van der Waals surface area contributed by atoms with Crippen molar-refractivity contribution in [3.8, 4) is 0 Å². The lowest BCUT2D eigenvalue weighted by atomic mass is 9.97. The van der Waals surface area contributed by atoms with Crippen LogP contribution in [0.1, 0.15) is 38.8 Å². The second-order valence-corrected chi connectivity index (χ2v) is 8.78. The summed E-state index contributed by atoms with van der Waals surface area (Å²) in [5.74, 6) is -0.933. The number of alkyl halides is 4. The molecule has 3 aromatic rings. The van der Waals surface area contributed by atoms with Crippen molar-refractivity contribution in [2.24, 2.45) is 0 Å². The van der Waals surface area contributed by atoms with Gasteiger partial charge in [0, 0.05) is 21.7 Å². The number of furan rings is 1. The molecule has 0 aliphatic carbocycles. The van der Waals surface area contributed by atoms with Crippen molar-refractivity contribution >= 4 is 43.8 Å². The highest BCUT2D eigenvalue weighted by atomic mass is 79.9. The highest BCUT2D eigenvalue weighted by molar-refractivity contribution is 9.10. The number of rotatable bonds is 7. The molecule has 0 saturated heterocycles. The summed E-state index contributed by atoms with van der Waals surface area (Å²) in [7, 11) is 0. The topological polar surface area (TPSA) is 51.5 Å². The summed E-state index contributed by atoms with van der Waals surface area (Å²) >= 11 is 3.37. The van der Waals surface area contributed by atoms with Gasteiger partial charge in [-0.2, -0.15) is 13.2 Å². The molecule has 4 nitrogen and oxygen atoms in total. The van der Waals surface area contributed by atoms with Crippen LogP contribution in [-0.4, -0.2) is 30.5 Å². The van der Waals surface area contributed by atoms with Crippen LogP contribution >= 0.6 is 15.9 Å². The summed E-state index contributed by atoms with van der Waals surface area (Å²) in [5, 5.41) is 3.69. The number of hydrogen-bond donors (Lipinski definition) is 1. The van der Waals surface area contributed by atoms with Gasteiger partial charge in [0.05, 0.1) is 6.61 Å². The Morgan fingerprint density at radius 3 is 2.42 bits per heavy atom. The van der Waals surface area contributed by atoms with E-state index < -0.39 is 36.3 Å². The minimum atomic E-state index is -4.74. The average Bonchev–Trinajstić information content (AvgIpc) is 3.00. The van der Waals surface area contributed by atoms with E-state index in [0.29, 0.717) is 11.0 Å². The van der Waals surface area contributed by atoms with E-state index in [1.807, 2.05) is 6.07 Å². The summed E-state index contributed by atoms with van der Waals surface area (Å²) < 4.78 is 67.5. The number of carbonyl (C=O) groups is 1.